The standard InChI is InChI=1S/C12H24N2O4S/c1-12(11(15)18-3,13-10-5-6-10)9-14(2)7-8-19(4,16)17/h10,13H,5-9H2,1-4H3. The predicted molar refractivity (Wildman–Crippen MR) is 73.8 cm³/mol. The van der Waals surface area contributed by atoms with Gasteiger partial charge in [-0.2, -0.15) is 0 Å². The van der Waals surface area contributed by atoms with Gasteiger partial charge >= 0.3 is 5.97 Å². The van der Waals surface area contributed by atoms with Crippen LogP contribution in [0, 0.1) is 0 Å². The van der Waals surface area contributed by atoms with Gasteiger partial charge in [0.1, 0.15) is 15.4 Å². The molecule has 1 aliphatic rings. The molecular formula is C12H24N2O4S. The molecule has 6 nitrogen and oxygen atoms in total. The number of esters is 1. The van der Waals surface area contributed by atoms with Crippen molar-refractivity contribution in [2.75, 3.05) is 39.3 Å². The molecule has 0 bridgehead atoms. The fraction of sp³-hybridized carbons (Fsp3) is 0.917. The van der Waals surface area contributed by atoms with Gasteiger partial charge in [0.05, 0.1) is 12.9 Å². The highest BCUT2D eigenvalue weighted by atomic mass is 32.2. The Morgan fingerprint density at radius 1 is 1.47 bits per heavy atom. The lowest BCUT2D eigenvalue weighted by atomic mass is 10.0. The lowest BCUT2D eigenvalue weighted by Gasteiger charge is -2.32. The molecule has 1 atom stereocenters. The molecular weight excluding hydrogens is 268 g/mol. The minimum atomic E-state index is -2.99. The van der Waals surface area contributed by atoms with E-state index >= 15 is 0 Å². The maximum atomic E-state index is 11.9. The van der Waals surface area contributed by atoms with Crippen molar-refractivity contribution in [3.63, 3.8) is 0 Å². The monoisotopic (exact) mass is 292 g/mol. The first-order chi connectivity index (χ1) is 8.66. The molecule has 19 heavy (non-hydrogen) atoms. The van der Waals surface area contributed by atoms with Crippen LogP contribution in [0.3, 0.4) is 0 Å². The second-order valence-electron chi connectivity index (χ2n) is 5.61. The van der Waals surface area contributed by atoms with Gasteiger partial charge < -0.3 is 9.64 Å². The van der Waals surface area contributed by atoms with Gasteiger partial charge in [-0.05, 0) is 26.8 Å². The number of methoxy groups -OCH3 is 1. The van der Waals surface area contributed by atoms with Crippen molar-refractivity contribution in [3.05, 3.63) is 0 Å². The normalized spacial score (nSPS) is 19.2. The molecule has 0 aromatic rings. The van der Waals surface area contributed by atoms with Crippen molar-refractivity contribution >= 4 is 15.8 Å². The first-order valence-electron chi connectivity index (χ1n) is 6.39. The van der Waals surface area contributed by atoms with Crippen molar-refractivity contribution in [2.24, 2.45) is 0 Å². The van der Waals surface area contributed by atoms with E-state index in [0.29, 0.717) is 19.1 Å². The summed E-state index contributed by atoms with van der Waals surface area (Å²) in [6.07, 6.45) is 3.35. The lowest BCUT2D eigenvalue weighted by molar-refractivity contribution is -0.148. The van der Waals surface area contributed by atoms with E-state index in [2.05, 4.69) is 5.32 Å². The van der Waals surface area contributed by atoms with Crippen LogP contribution in [0.15, 0.2) is 0 Å². The third kappa shape index (κ3) is 5.88. The molecule has 112 valence electrons. The maximum absolute atomic E-state index is 11.9. The van der Waals surface area contributed by atoms with Crippen LogP contribution < -0.4 is 5.32 Å². The molecule has 0 saturated heterocycles. The second kappa shape index (κ2) is 6.19. The Bertz CT molecular complexity index is 419. The Morgan fingerprint density at radius 2 is 2.05 bits per heavy atom. The van der Waals surface area contributed by atoms with Crippen LogP contribution in [0.2, 0.25) is 0 Å². The molecule has 0 aromatic carbocycles. The number of sulfone groups is 1. The fourth-order valence-electron chi connectivity index (χ4n) is 2.01. The molecule has 1 fully saturated rings. The Morgan fingerprint density at radius 3 is 2.47 bits per heavy atom. The van der Waals surface area contributed by atoms with Gasteiger partial charge in [-0.1, -0.05) is 0 Å². The molecule has 1 aliphatic carbocycles. The van der Waals surface area contributed by atoms with Gasteiger partial charge in [-0.15, -0.1) is 0 Å². The number of likely N-dealkylation sites (N-methyl/N-ethyl adjacent to an activating group) is 1. The molecule has 7 heteroatoms. The van der Waals surface area contributed by atoms with Crippen LogP contribution in [0.4, 0.5) is 0 Å². The zero-order valence-corrected chi connectivity index (χ0v) is 12.9. The largest absolute Gasteiger partial charge is 0.468 e. The summed E-state index contributed by atoms with van der Waals surface area (Å²) in [4.78, 5) is 13.7. The summed E-state index contributed by atoms with van der Waals surface area (Å²) in [6.45, 7) is 2.62. The van der Waals surface area contributed by atoms with E-state index < -0.39 is 15.4 Å². The predicted octanol–water partition coefficient (Wildman–Crippen LogP) is -0.353. The lowest BCUT2D eigenvalue weighted by Crippen LogP contribution is -2.58. The summed E-state index contributed by atoms with van der Waals surface area (Å²) in [6, 6.07) is 0.368. The number of hydrogen-bond donors (Lipinski definition) is 1. The average molecular weight is 292 g/mol. The molecule has 0 radical (unpaired) electrons. The van der Waals surface area contributed by atoms with E-state index in [1.807, 2.05) is 4.90 Å². The van der Waals surface area contributed by atoms with E-state index in [-0.39, 0.29) is 11.7 Å². The SMILES string of the molecule is COC(=O)C(C)(CN(C)CCS(C)(=O)=O)NC1CC1. The summed E-state index contributed by atoms with van der Waals surface area (Å²) < 4.78 is 27.1. The highest BCUT2D eigenvalue weighted by Gasteiger charge is 2.40. The topological polar surface area (TPSA) is 75.7 Å². The van der Waals surface area contributed by atoms with Gasteiger partial charge in [0.2, 0.25) is 0 Å². The zero-order chi connectivity index (χ0) is 14.7. The van der Waals surface area contributed by atoms with Crippen molar-refractivity contribution in [2.45, 2.75) is 31.3 Å². The van der Waals surface area contributed by atoms with Gasteiger partial charge in [-0.25, -0.2) is 8.42 Å². The molecule has 0 aliphatic heterocycles. The van der Waals surface area contributed by atoms with Crippen LogP contribution in [0.1, 0.15) is 19.8 Å². The van der Waals surface area contributed by atoms with Gasteiger partial charge in [0, 0.05) is 25.4 Å². The number of rotatable bonds is 8. The third-order valence-electron chi connectivity index (χ3n) is 3.17. The summed E-state index contributed by atoms with van der Waals surface area (Å²) >= 11 is 0. The van der Waals surface area contributed by atoms with Crippen molar-refractivity contribution in [1.29, 1.82) is 0 Å². The third-order valence-corrected chi connectivity index (χ3v) is 4.09. The van der Waals surface area contributed by atoms with E-state index in [0.717, 1.165) is 12.8 Å². The molecule has 0 heterocycles. The molecule has 0 spiro atoms. The van der Waals surface area contributed by atoms with Crippen LogP contribution in [0.5, 0.6) is 0 Å². The summed E-state index contributed by atoms with van der Waals surface area (Å²) in [5.74, 6) is -0.227. The molecule has 0 aromatic heterocycles. The van der Waals surface area contributed by atoms with Crippen molar-refractivity contribution in [1.82, 2.24) is 10.2 Å². The molecule has 1 saturated carbocycles. The number of ether oxygens (including phenoxy) is 1. The zero-order valence-electron chi connectivity index (χ0n) is 12.1. The van der Waals surface area contributed by atoms with Crippen LogP contribution in [-0.2, 0) is 19.4 Å². The summed E-state index contributed by atoms with van der Waals surface area (Å²) in [5, 5.41) is 3.28. The van der Waals surface area contributed by atoms with E-state index in [1.165, 1.54) is 13.4 Å². The molecule has 1 rings (SSSR count). The number of carbonyl (C=O) groups is 1. The minimum absolute atomic E-state index is 0.0875. The van der Waals surface area contributed by atoms with Crippen LogP contribution in [0.25, 0.3) is 0 Å². The van der Waals surface area contributed by atoms with E-state index in [4.69, 9.17) is 4.74 Å². The van der Waals surface area contributed by atoms with Gasteiger partial charge in [0.25, 0.3) is 0 Å². The quantitative estimate of drug-likeness (QED) is 0.616. The number of carbonyl (C=O) groups excluding carboxylic acids is 1. The van der Waals surface area contributed by atoms with Gasteiger partial charge in [-0.3, -0.25) is 10.1 Å². The van der Waals surface area contributed by atoms with Crippen molar-refractivity contribution < 1.29 is 17.9 Å². The highest BCUT2D eigenvalue weighted by molar-refractivity contribution is 7.90. The number of hydrogen-bond acceptors (Lipinski definition) is 6. The number of nitrogens with one attached hydrogen (secondary N) is 1. The summed E-state index contributed by atoms with van der Waals surface area (Å²) in [5.41, 5.74) is -0.790. The Hall–Kier alpha value is -0.660. The Kier molecular flexibility index (Phi) is 5.34. The second-order valence-corrected chi connectivity index (χ2v) is 7.87. The first kappa shape index (κ1) is 16.4. The first-order valence-corrected chi connectivity index (χ1v) is 8.45. The average Bonchev–Trinajstić information content (AvgIpc) is 3.07. The highest BCUT2D eigenvalue weighted by Crippen LogP contribution is 2.23. The van der Waals surface area contributed by atoms with E-state index in [1.54, 1.807) is 14.0 Å². The number of nitrogens with zero attached hydrogens (tertiary/aromatic N) is 1. The molecule has 1 N–H and O–H groups in total. The van der Waals surface area contributed by atoms with Crippen LogP contribution >= 0.6 is 0 Å². The van der Waals surface area contributed by atoms with Crippen molar-refractivity contribution in [3.8, 4) is 0 Å². The summed E-state index contributed by atoms with van der Waals surface area (Å²) in [7, 11) is 0.184. The molecule has 0 amide bonds. The Labute approximate surface area is 115 Å². The molecule has 1 unspecified atom stereocenters. The smallest absolute Gasteiger partial charge is 0.327 e. The van der Waals surface area contributed by atoms with Crippen LogP contribution in [-0.4, -0.2) is 70.1 Å². The minimum Gasteiger partial charge on any atom is -0.468 e. The Balaban J connectivity index is 2.58. The maximum Gasteiger partial charge on any atom is 0.327 e. The fourth-order valence-corrected chi connectivity index (χ4v) is 2.66. The van der Waals surface area contributed by atoms with E-state index in [9.17, 15) is 13.2 Å². The van der Waals surface area contributed by atoms with Gasteiger partial charge in [0.15, 0.2) is 0 Å².